The van der Waals surface area contributed by atoms with Crippen LogP contribution in [0.2, 0.25) is 0 Å². The van der Waals surface area contributed by atoms with Crippen molar-refractivity contribution in [1.82, 2.24) is 20.3 Å². The normalized spacial score (nSPS) is 15.1. The number of hydrogen-bond acceptors (Lipinski definition) is 5. The third-order valence-electron chi connectivity index (χ3n) is 2.25. The van der Waals surface area contributed by atoms with Crippen LogP contribution in [-0.4, -0.2) is 46.9 Å². The lowest BCUT2D eigenvalue weighted by Crippen LogP contribution is -2.38. The summed E-state index contributed by atoms with van der Waals surface area (Å²) in [7, 11) is 3.39. The number of ether oxygens (including phenoxy) is 1. The molecule has 1 heterocycles. The molecule has 1 aromatic rings. The van der Waals surface area contributed by atoms with Gasteiger partial charge >= 0.3 is 0 Å². The van der Waals surface area contributed by atoms with Crippen LogP contribution in [0, 0.1) is 0 Å². The molecule has 1 unspecified atom stereocenters. The molecule has 0 aliphatic carbocycles. The van der Waals surface area contributed by atoms with Gasteiger partial charge < -0.3 is 15.2 Å². The molecule has 0 bridgehead atoms. The number of hydrogen-bond donors (Lipinski definition) is 2. The SMILES string of the molecule is COCCNCC(C)(O)c1c(Br)nnn1C. The molecule has 0 spiro atoms. The Labute approximate surface area is 103 Å². The van der Waals surface area contributed by atoms with Crippen molar-refractivity contribution in [2.75, 3.05) is 26.8 Å². The molecule has 1 atom stereocenters. The molecule has 0 fully saturated rings. The van der Waals surface area contributed by atoms with Crippen molar-refractivity contribution in [3.63, 3.8) is 0 Å². The molecule has 92 valence electrons. The summed E-state index contributed by atoms with van der Waals surface area (Å²) >= 11 is 3.27. The Hall–Kier alpha value is -0.500. The van der Waals surface area contributed by atoms with Crippen molar-refractivity contribution in [1.29, 1.82) is 0 Å². The zero-order valence-corrected chi connectivity index (χ0v) is 11.3. The van der Waals surface area contributed by atoms with Gasteiger partial charge in [0, 0.05) is 27.2 Å². The fourth-order valence-corrected chi connectivity index (χ4v) is 2.25. The molecule has 0 aliphatic rings. The summed E-state index contributed by atoms with van der Waals surface area (Å²) in [6, 6.07) is 0. The molecule has 6 nitrogen and oxygen atoms in total. The molecule has 0 aromatic carbocycles. The highest BCUT2D eigenvalue weighted by Gasteiger charge is 2.29. The molecule has 0 aliphatic heterocycles. The van der Waals surface area contributed by atoms with Crippen molar-refractivity contribution >= 4 is 15.9 Å². The van der Waals surface area contributed by atoms with Crippen LogP contribution in [0.15, 0.2) is 4.60 Å². The van der Waals surface area contributed by atoms with Crippen molar-refractivity contribution in [2.45, 2.75) is 12.5 Å². The number of nitrogens with zero attached hydrogens (tertiary/aromatic N) is 3. The molecular weight excluding hydrogens is 276 g/mol. The van der Waals surface area contributed by atoms with Crippen molar-refractivity contribution in [3.05, 3.63) is 10.3 Å². The van der Waals surface area contributed by atoms with Crippen LogP contribution in [0.3, 0.4) is 0 Å². The van der Waals surface area contributed by atoms with Gasteiger partial charge in [-0.25, -0.2) is 4.68 Å². The first-order valence-electron chi connectivity index (χ1n) is 4.96. The van der Waals surface area contributed by atoms with E-state index in [9.17, 15) is 5.11 Å². The molecule has 0 saturated carbocycles. The van der Waals surface area contributed by atoms with Gasteiger partial charge in [0.2, 0.25) is 0 Å². The smallest absolute Gasteiger partial charge is 0.154 e. The van der Waals surface area contributed by atoms with Gasteiger partial charge in [0.25, 0.3) is 0 Å². The van der Waals surface area contributed by atoms with Crippen LogP contribution in [0.5, 0.6) is 0 Å². The van der Waals surface area contributed by atoms with E-state index in [1.54, 1.807) is 25.8 Å². The molecule has 2 N–H and O–H groups in total. The third kappa shape index (κ3) is 3.24. The summed E-state index contributed by atoms with van der Waals surface area (Å²) < 4.78 is 7.03. The first-order chi connectivity index (χ1) is 7.49. The van der Waals surface area contributed by atoms with Gasteiger partial charge in [-0.3, -0.25) is 0 Å². The topological polar surface area (TPSA) is 72.2 Å². The van der Waals surface area contributed by atoms with E-state index in [2.05, 4.69) is 31.6 Å². The zero-order chi connectivity index (χ0) is 12.2. The fourth-order valence-electron chi connectivity index (χ4n) is 1.49. The fraction of sp³-hybridized carbons (Fsp3) is 0.778. The Balaban J connectivity index is 2.63. The average Bonchev–Trinajstić information content (AvgIpc) is 2.54. The minimum atomic E-state index is -1.02. The van der Waals surface area contributed by atoms with Gasteiger partial charge in [-0.05, 0) is 22.9 Å². The Morgan fingerprint density at radius 2 is 2.31 bits per heavy atom. The highest BCUT2D eigenvalue weighted by atomic mass is 79.9. The highest BCUT2D eigenvalue weighted by molar-refractivity contribution is 9.10. The Morgan fingerprint density at radius 3 is 2.81 bits per heavy atom. The van der Waals surface area contributed by atoms with E-state index in [0.717, 1.165) is 0 Å². The molecule has 0 saturated heterocycles. The van der Waals surface area contributed by atoms with E-state index >= 15 is 0 Å². The Kier molecular flexibility index (Phi) is 4.85. The van der Waals surface area contributed by atoms with Crippen LogP contribution in [-0.2, 0) is 17.4 Å². The summed E-state index contributed by atoms with van der Waals surface area (Å²) in [6.45, 7) is 3.43. The Morgan fingerprint density at radius 1 is 1.62 bits per heavy atom. The molecule has 0 radical (unpaired) electrons. The van der Waals surface area contributed by atoms with Gasteiger partial charge in [-0.1, -0.05) is 5.21 Å². The lowest BCUT2D eigenvalue weighted by molar-refractivity contribution is 0.0460. The number of methoxy groups -OCH3 is 1. The van der Waals surface area contributed by atoms with Crippen LogP contribution in [0.1, 0.15) is 12.6 Å². The lowest BCUT2D eigenvalue weighted by atomic mass is 10.0. The van der Waals surface area contributed by atoms with Gasteiger partial charge in [0.15, 0.2) is 4.60 Å². The second-order valence-corrected chi connectivity index (χ2v) is 4.55. The quantitative estimate of drug-likeness (QED) is 0.724. The molecule has 1 rings (SSSR count). The average molecular weight is 293 g/mol. The second-order valence-electron chi connectivity index (χ2n) is 3.80. The minimum Gasteiger partial charge on any atom is -0.383 e. The Bertz CT molecular complexity index is 321. The number of halogens is 1. The van der Waals surface area contributed by atoms with Gasteiger partial charge in [-0.15, -0.1) is 5.10 Å². The molecule has 0 amide bonds. The number of nitrogens with one attached hydrogen (secondary N) is 1. The predicted molar refractivity (Wildman–Crippen MR) is 63.0 cm³/mol. The van der Waals surface area contributed by atoms with E-state index in [4.69, 9.17) is 4.74 Å². The van der Waals surface area contributed by atoms with Crippen molar-refractivity contribution < 1.29 is 9.84 Å². The van der Waals surface area contributed by atoms with E-state index in [0.29, 0.717) is 30.0 Å². The summed E-state index contributed by atoms with van der Waals surface area (Å²) in [6.07, 6.45) is 0. The lowest BCUT2D eigenvalue weighted by Gasteiger charge is -2.23. The predicted octanol–water partition coefficient (Wildman–Crippen LogP) is 0.0211. The first-order valence-corrected chi connectivity index (χ1v) is 5.76. The van der Waals surface area contributed by atoms with Gasteiger partial charge in [0.05, 0.1) is 6.61 Å². The summed E-state index contributed by atoms with van der Waals surface area (Å²) in [4.78, 5) is 0. The van der Waals surface area contributed by atoms with E-state index in [-0.39, 0.29) is 0 Å². The van der Waals surface area contributed by atoms with Gasteiger partial charge in [-0.2, -0.15) is 0 Å². The van der Waals surface area contributed by atoms with Crippen molar-refractivity contribution in [2.24, 2.45) is 7.05 Å². The standard InChI is InChI=1S/C9H17BrN4O2/c1-9(15,6-11-4-5-16-3)7-8(10)12-13-14(7)2/h11,15H,4-6H2,1-3H3. The first kappa shape index (κ1) is 13.6. The largest absolute Gasteiger partial charge is 0.383 e. The van der Waals surface area contributed by atoms with Crippen LogP contribution in [0.25, 0.3) is 0 Å². The summed E-state index contributed by atoms with van der Waals surface area (Å²) in [5, 5.41) is 21.1. The second kappa shape index (κ2) is 5.72. The zero-order valence-electron chi connectivity index (χ0n) is 9.70. The summed E-state index contributed by atoms with van der Waals surface area (Å²) in [5.41, 5.74) is -0.373. The number of aromatic nitrogens is 3. The van der Waals surface area contributed by atoms with Gasteiger partial charge in [0.1, 0.15) is 11.3 Å². The minimum absolute atomic E-state index is 0.413. The number of aliphatic hydroxyl groups is 1. The maximum atomic E-state index is 10.3. The van der Waals surface area contributed by atoms with E-state index < -0.39 is 5.60 Å². The summed E-state index contributed by atoms with van der Waals surface area (Å²) in [5.74, 6) is 0. The van der Waals surface area contributed by atoms with Crippen LogP contribution in [0.4, 0.5) is 0 Å². The number of rotatable bonds is 6. The molecule has 16 heavy (non-hydrogen) atoms. The van der Waals surface area contributed by atoms with Crippen LogP contribution >= 0.6 is 15.9 Å². The molecular formula is C9H17BrN4O2. The highest BCUT2D eigenvalue weighted by Crippen LogP contribution is 2.25. The number of aryl methyl sites for hydroxylation is 1. The van der Waals surface area contributed by atoms with E-state index in [1.165, 1.54) is 0 Å². The van der Waals surface area contributed by atoms with Crippen LogP contribution < -0.4 is 5.32 Å². The monoisotopic (exact) mass is 292 g/mol. The maximum absolute atomic E-state index is 10.3. The molecule has 1 aromatic heterocycles. The third-order valence-corrected chi connectivity index (χ3v) is 2.78. The van der Waals surface area contributed by atoms with E-state index in [1.807, 2.05) is 0 Å². The molecule has 7 heteroatoms. The maximum Gasteiger partial charge on any atom is 0.154 e. The van der Waals surface area contributed by atoms with Crippen molar-refractivity contribution in [3.8, 4) is 0 Å².